The van der Waals surface area contributed by atoms with E-state index in [0.29, 0.717) is 43.1 Å². The van der Waals surface area contributed by atoms with Crippen molar-refractivity contribution >= 4 is 11.6 Å². The highest BCUT2D eigenvalue weighted by molar-refractivity contribution is 5.92. The van der Waals surface area contributed by atoms with Gasteiger partial charge in [0.2, 0.25) is 5.82 Å². The number of carbonyl (C=O) groups is 1. The highest BCUT2D eigenvalue weighted by Gasteiger charge is 2.28. The molecule has 2 N–H and O–H groups in total. The number of hydrogen-bond donors (Lipinski definition) is 2. The number of nitrogens with zero attached hydrogens (tertiary/aromatic N) is 5. The van der Waals surface area contributed by atoms with Crippen LogP contribution in [0, 0.1) is 17.6 Å². The molecule has 0 aliphatic carbocycles. The molecule has 1 aliphatic rings. The van der Waals surface area contributed by atoms with Crippen LogP contribution in [-0.2, 0) is 6.42 Å². The number of fused-ring (bicyclic) bond motifs is 1. The second-order valence-electron chi connectivity index (χ2n) is 8.15. The molecule has 1 saturated heterocycles. The number of nitrogens with one attached hydrogen (secondary N) is 2. The number of H-pyrrole nitrogens is 2. The third-order valence-electron chi connectivity index (χ3n) is 5.81. The quantitative estimate of drug-likeness (QED) is 0.469. The van der Waals surface area contributed by atoms with Crippen molar-refractivity contribution in [3.05, 3.63) is 80.7 Å². The highest BCUT2D eigenvalue weighted by atomic mass is 19.1. The molecule has 174 valence electrons. The largest absolute Gasteiger partial charge is 0.337 e. The Morgan fingerprint density at radius 1 is 1.15 bits per heavy atom. The fraction of sp³-hybridized carbons (Fsp3) is 0.273. The van der Waals surface area contributed by atoms with Gasteiger partial charge in [-0.3, -0.25) is 19.0 Å². The summed E-state index contributed by atoms with van der Waals surface area (Å²) < 4.78 is 29.4. The predicted molar refractivity (Wildman–Crippen MR) is 116 cm³/mol. The van der Waals surface area contributed by atoms with Crippen LogP contribution in [0.5, 0.6) is 0 Å². The molecule has 1 aliphatic heterocycles. The predicted octanol–water partition coefficient (Wildman–Crippen LogP) is 1.54. The van der Waals surface area contributed by atoms with Gasteiger partial charge in [-0.05, 0) is 43.4 Å². The molecule has 0 bridgehead atoms. The molecule has 1 fully saturated rings. The van der Waals surface area contributed by atoms with Crippen LogP contribution in [0.2, 0.25) is 0 Å². The molecule has 0 saturated carbocycles. The summed E-state index contributed by atoms with van der Waals surface area (Å²) in [6.45, 7) is 0.694. The first-order chi connectivity index (χ1) is 16.4. The van der Waals surface area contributed by atoms with Crippen LogP contribution >= 0.6 is 0 Å². The van der Waals surface area contributed by atoms with Crippen LogP contribution in [0.25, 0.3) is 17.2 Å². The maximum Gasteiger partial charge on any atom is 0.326 e. The molecule has 0 spiro atoms. The molecule has 0 aromatic carbocycles. The zero-order valence-corrected chi connectivity index (χ0v) is 17.8. The molecular formula is C22H19F2N7O3. The lowest BCUT2D eigenvalue weighted by Gasteiger charge is -2.32. The highest BCUT2D eigenvalue weighted by Crippen LogP contribution is 2.23. The van der Waals surface area contributed by atoms with E-state index in [1.165, 1.54) is 17.2 Å². The van der Waals surface area contributed by atoms with Gasteiger partial charge < -0.3 is 9.88 Å². The molecule has 0 unspecified atom stereocenters. The van der Waals surface area contributed by atoms with E-state index < -0.39 is 34.5 Å². The van der Waals surface area contributed by atoms with Gasteiger partial charge in [0, 0.05) is 31.2 Å². The Labute approximate surface area is 190 Å². The molecular weight excluding hydrogens is 448 g/mol. The summed E-state index contributed by atoms with van der Waals surface area (Å²) in [5, 5.41) is 0. The second-order valence-corrected chi connectivity index (χ2v) is 8.15. The van der Waals surface area contributed by atoms with Crippen molar-refractivity contribution in [3.63, 3.8) is 0 Å². The Kier molecular flexibility index (Phi) is 5.48. The van der Waals surface area contributed by atoms with Crippen LogP contribution in [0.15, 0.2) is 46.4 Å². The van der Waals surface area contributed by atoms with Crippen molar-refractivity contribution in [1.82, 2.24) is 34.2 Å². The van der Waals surface area contributed by atoms with Crippen LogP contribution in [-0.4, -0.2) is 53.2 Å². The monoisotopic (exact) mass is 467 g/mol. The number of amides is 1. The van der Waals surface area contributed by atoms with E-state index in [-0.39, 0.29) is 5.92 Å². The minimum absolute atomic E-state index is 0.0249. The lowest BCUT2D eigenvalue weighted by atomic mass is 9.93. The summed E-state index contributed by atoms with van der Waals surface area (Å²) in [6, 6.07) is 4.65. The van der Waals surface area contributed by atoms with E-state index in [9.17, 15) is 23.2 Å². The van der Waals surface area contributed by atoms with Crippen molar-refractivity contribution in [1.29, 1.82) is 0 Å². The summed E-state index contributed by atoms with van der Waals surface area (Å²) in [7, 11) is 0. The lowest BCUT2D eigenvalue weighted by molar-refractivity contribution is 0.0660. The normalized spacial score (nSPS) is 16.2. The van der Waals surface area contributed by atoms with E-state index in [0.717, 1.165) is 12.1 Å². The van der Waals surface area contributed by atoms with Gasteiger partial charge in [-0.1, -0.05) is 0 Å². The van der Waals surface area contributed by atoms with E-state index in [2.05, 4.69) is 19.9 Å². The van der Waals surface area contributed by atoms with Crippen molar-refractivity contribution in [2.45, 2.75) is 19.3 Å². The first kappa shape index (κ1) is 21.6. The van der Waals surface area contributed by atoms with E-state index in [1.54, 1.807) is 33.9 Å². The van der Waals surface area contributed by atoms with E-state index in [4.69, 9.17) is 0 Å². The maximum absolute atomic E-state index is 14.1. The van der Waals surface area contributed by atoms with Crippen LogP contribution in [0.1, 0.15) is 29.0 Å². The molecule has 4 aromatic heterocycles. The summed E-state index contributed by atoms with van der Waals surface area (Å²) in [5.41, 5.74) is -0.974. The zero-order valence-electron chi connectivity index (χ0n) is 17.8. The zero-order chi connectivity index (χ0) is 23.8. The first-order valence-electron chi connectivity index (χ1n) is 10.7. The van der Waals surface area contributed by atoms with Gasteiger partial charge in [0.15, 0.2) is 11.5 Å². The number of hydrogen-bond acceptors (Lipinski definition) is 6. The molecule has 1 atom stereocenters. The fourth-order valence-corrected chi connectivity index (χ4v) is 4.24. The number of imidazole rings is 1. The number of piperidine rings is 1. The van der Waals surface area contributed by atoms with Gasteiger partial charge >= 0.3 is 5.69 Å². The average molecular weight is 467 g/mol. The molecule has 12 heteroatoms. The molecule has 34 heavy (non-hydrogen) atoms. The minimum Gasteiger partial charge on any atom is -0.337 e. The van der Waals surface area contributed by atoms with Crippen molar-refractivity contribution in [2.24, 2.45) is 5.92 Å². The number of carbonyl (C=O) groups excluding carboxylic acids is 1. The van der Waals surface area contributed by atoms with Crippen LogP contribution in [0.4, 0.5) is 8.78 Å². The molecule has 4 aromatic rings. The maximum atomic E-state index is 14.1. The third-order valence-corrected chi connectivity index (χ3v) is 5.81. The number of pyridine rings is 1. The van der Waals surface area contributed by atoms with E-state index in [1.807, 2.05) is 0 Å². The smallest absolute Gasteiger partial charge is 0.326 e. The molecule has 5 rings (SSSR count). The Morgan fingerprint density at radius 3 is 2.85 bits per heavy atom. The Bertz CT molecular complexity index is 1510. The number of aromatic amines is 2. The summed E-state index contributed by atoms with van der Waals surface area (Å²) >= 11 is 0. The van der Waals surface area contributed by atoms with Crippen molar-refractivity contribution in [2.75, 3.05) is 13.1 Å². The van der Waals surface area contributed by atoms with Crippen molar-refractivity contribution in [3.8, 4) is 11.5 Å². The number of likely N-dealkylation sites (tertiary alicyclic amines) is 1. The standard InChI is InChI=1S/C22H19F2N7O3/c23-13-3-4-16-26-9-15(31(16)11-13)19-25-6-5-14(27-19)8-12-2-1-7-30(10-12)21(33)18-17(24)20(32)29-22(34)28-18/h3-6,9,11-12H,1-2,7-8,10H2,(H2,28,29,32,34)/t12-/m0/s1. The summed E-state index contributed by atoms with van der Waals surface area (Å²) in [5.74, 6) is -2.04. The van der Waals surface area contributed by atoms with Gasteiger partial charge in [-0.15, -0.1) is 0 Å². The SMILES string of the molecule is O=C(c1[nH]c(=O)[nH]c(=O)c1F)N1CCC[C@@H](Cc2ccnc(-c3cnc4ccc(F)cn34)n2)C1. The average Bonchev–Trinajstić information content (AvgIpc) is 3.24. The first-order valence-corrected chi connectivity index (χ1v) is 10.7. The summed E-state index contributed by atoms with van der Waals surface area (Å²) in [6.07, 6.45) is 6.52. The van der Waals surface area contributed by atoms with Gasteiger partial charge in [0.25, 0.3) is 11.5 Å². The van der Waals surface area contributed by atoms with Gasteiger partial charge in [0.1, 0.15) is 17.2 Å². The van der Waals surface area contributed by atoms with Crippen LogP contribution < -0.4 is 11.2 Å². The number of rotatable bonds is 4. The fourth-order valence-electron chi connectivity index (χ4n) is 4.24. The van der Waals surface area contributed by atoms with E-state index >= 15 is 0 Å². The Morgan fingerprint density at radius 2 is 2.00 bits per heavy atom. The Balaban J connectivity index is 1.35. The van der Waals surface area contributed by atoms with Gasteiger partial charge in [0.05, 0.1) is 6.20 Å². The number of aromatic nitrogens is 6. The second kappa shape index (κ2) is 8.61. The van der Waals surface area contributed by atoms with Crippen LogP contribution in [0.3, 0.4) is 0 Å². The van der Waals surface area contributed by atoms with Crippen molar-refractivity contribution < 1.29 is 13.6 Å². The third kappa shape index (κ3) is 4.09. The summed E-state index contributed by atoms with van der Waals surface area (Å²) in [4.78, 5) is 54.2. The van der Waals surface area contributed by atoms with Gasteiger partial charge in [-0.2, -0.15) is 4.39 Å². The molecule has 0 radical (unpaired) electrons. The number of halogens is 2. The Hall–Kier alpha value is -4.22. The minimum atomic E-state index is -1.31. The molecule has 5 heterocycles. The van der Waals surface area contributed by atoms with Gasteiger partial charge in [-0.25, -0.2) is 24.1 Å². The molecule has 1 amide bonds. The topological polar surface area (TPSA) is 129 Å². The lowest BCUT2D eigenvalue weighted by Crippen LogP contribution is -2.43. The molecule has 10 nitrogen and oxygen atoms in total.